The van der Waals surface area contributed by atoms with Gasteiger partial charge in [-0.1, -0.05) is 25.5 Å². The highest BCUT2D eigenvalue weighted by atomic mass is 16.5. The molecule has 0 aliphatic carbocycles. The van der Waals surface area contributed by atoms with Crippen molar-refractivity contribution in [2.75, 3.05) is 7.11 Å². The number of ether oxygens (including phenoxy) is 1. The first-order valence-corrected chi connectivity index (χ1v) is 6.07. The largest absolute Gasteiger partial charge is 0.495 e. The number of H-pyrrole nitrogens is 1. The first-order valence-electron chi connectivity index (χ1n) is 6.07. The van der Waals surface area contributed by atoms with Gasteiger partial charge in [0.25, 0.3) is 0 Å². The van der Waals surface area contributed by atoms with Crippen LogP contribution in [0, 0.1) is 0 Å². The number of hydrogen-bond donors (Lipinski definition) is 1. The van der Waals surface area contributed by atoms with Crippen LogP contribution in [0.25, 0.3) is 5.69 Å². The number of nitrogens with one attached hydrogen (secondary N) is 1. The molecule has 1 N–H and O–H groups in total. The number of hydrogen-bond acceptors (Lipinski definition) is 3. The molecule has 0 saturated heterocycles. The van der Waals surface area contributed by atoms with Crippen molar-refractivity contribution in [3.63, 3.8) is 0 Å². The number of aromatic amines is 1. The predicted octanol–water partition coefficient (Wildman–Crippen LogP) is 1.91. The molecule has 18 heavy (non-hydrogen) atoms. The Morgan fingerprint density at radius 1 is 1.39 bits per heavy atom. The molecule has 1 heterocycles. The lowest BCUT2D eigenvalue weighted by molar-refractivity contribution is 0.412. The Morgan fingerprint density at radius 3 is 2.89 bits per heavy atom. The van der Waals surface area contributed by atoms with E-state index in [2.05, 4.69) is 17.1 Å². The van der Waals surface area contributed by atoms with Crippen LogP contribution in [0.15, 0.2) is 29.1 Å². The molecule has 96 valence electrons. The lowest BCUT2D eigenvalue weighted by Gasteiger charge is -2.09. The van der Waals surface area contributed by atoms with Gasteiger partial charge in [-0.2, -0.15) is 5.10 Å². The van der Waals surface area contributed by atoms with Gasteiger partial charge in [-0.3, -0.25) is 0 Å². The summed E-state index contributed by atoms with van der Waals surface area (Å²) in [7, 11) is 1.59. The van der Waals surface area contributed by atoms with Crippen LogP contribution in [-0.2, 0) is 6.42 Å². The van der Waals surface area contributed by atoms with Crippen molar-refractivity contribution in [2.24, 2.45) is 0 Å². The second-order valence-electron chi connectivity index (χ2n) is 4.06. The second kappa shape index (κ2) is 5.53. The fraction of sp³-hybridized carbons (Fsp3) is 0.385. The normalized spacial score (nSPS) is 10.6. The summed E-state index contributed by atoms with van der Waals surface area (Å²) in [6.07, 6.45) is 2.83. The lowest BCUT2D eigenvalue weighted by Crippen LogP contribution is -2.17. The van der Waals surface area contributed by atoms with Gasteiger partial charge in [-0.05, 0) is 18.6 Å². The molecule has 0 unspecified atom stereocenters. The minimum absolute atomic E-state index is 0.231. The van der Waals surface area contributed by atoms with Crippen LogP contribution >= 0.6 is 0 Å². The molecule has 0 fully saturated rings. The van der Waals surface area contributed by atoms with Crippen LogP contribution in [0.4, 0.5) is 0 Å². The molecule has 0 amide bonds. The molecule has 0 atom stereocenters. The predicted molar refractivity (Wildman–Crippen MR) is 69.3 cm³/mol. The Bertz CT molecular complexity index is 572. The van der Waals surface area contributed by atoms with Crippen molar-refractivity contribution >= 4 is 0 Å². The van der Waals surface area contributed by atoms with Crippen LogP contribution in [0.3, 0.4) is 0 Å². The molecule has 1 aromatic carbocycles. The highest BCUT2D eigenvalue weighted by Gasteiger charge is 2.13. The van der Waals surface area contributed by atoms with Crippen LogP contribution < -0.4 is 10.4 Å². The fourth-order valence-corrected chi connectivity index (χ4v) is 1.90. The SMILES string of the molecule is CCCCc1n[nH]c(=O)n1-c1ccccc1OC. The number of aryl methyl sites for hydroxylation is 1. The minimum atomic E-state index is -0.231. The Balaban J connectivity index is 2.49. The third-order valence-corrected chi connectivity index (χ3v) is 2.82. The monoisotopic (exact) mass is 247 g/mol. The van der Waals surface area contributed by atoms with Gasteiger partial charge in [0.05, 0.1) is 12.8 Å². The highest BCUT2D eigenvalue weighted by Crippen LogP contribution is 2.21. The number of rotatable bonds is 5. The average molecular weight is 247 g/mol. The number of aromatic nitrogens is 3. The highest BCUT2D eigenvalue weighted by molar-refractivity contribution is 5.46. The Hall–Kier alpha value is -2.04. The lowest BCUT2D eigenvalue weighted by atomic mass is 10.2. The zero-order chi connectivity index (χ0) is 13.0. The van der Waals surface area contributed by atoms with Gasteiger partial charge < -0.3 is 4.74 Å². The van der Waals surface area contributed by atoms with E-state index in [9.17, 15) is 4.79 Å². The van der Waals surface area contributed by atoms with Gasteiger partial charge in [0.1, 0.15) is 11.6 Å². The Morgan fingerprint density at radius 2 is 2.17 bits per heavy atom. The number of unbranched alkanes of at least 4 members (excludes halogenated alkanes) is 1. The number of benzene rings is 1. The van der Waals surface area contributed by atoms with E-state index in [4.69, 9.17) is 4.74 Å². The molecule has 2 aromatic rings. The molecule has 0 radical (unpaired) electrons. The van der Waals surface area contributed by atoms with E-state index >= 15 is 0 Å². The number of para-hydroxylation sites is 2. The molecule has 0 saturated carbocycles. The van der Waals surface area contributed by atoms with E-state index in [0.717, 1.165) is 30.8 Å². The van der Waals surface area contributed by atoms with E-state index in [1.54, 1.807) is 11.7 Å². The molecular formula is C13H17N3O2. The molecule has 0 aliphatic heterocycles. The van der Waals surface area contributed by atoms with E-state index < -0.39 is 0 Å². The van der Waals surface area contributed by atoms with Crippen LogP contribution in [0.2, 0.25) is 0 Å². The van der Waals surface area contributed by atoms with Crippen LogP contribution in [0.1, 0.15) is 25.6 Å². The molecule has 0 bridgehead atoms. The van der Waals surface area contributed by atoms with Gasteiger partial charge >= 0.3 is 5.69 Å². The summed E-state index contributed by atoms with van der Waals surface area (Å²) in [5.74, 6) is 1.41. The van der Waals surface area contributed by atoms with Gasteiger partial charge in [0.2, 0.25) is 0 Å². The van der Waals surface area contributed by atoms with Crippen molar-refractivity contribution in [1.82, 2.24) is 14.8 Å². The molecule has 0 aliphatic rings. The number of methoxy groups -OCH3 is 1. The van der Waals surface area contributed by atoms with Crippen molar-refractivity contribution in [3.8, 4) is 11.4 Å². The molecule has 5 nitrogen and oxygen atoms in total. The van der Waals surface area contributed by atoms with Crippen molar-refractivity contribution in [2.45, 2.75) is 26.2 Å². The summed E-state index contributed by atoms with van der Waals surface area (Å²) >= 11 is 0. The fourth-order valence-electron chi connectivity index (χ4n) is 1.90. The quantitative estimate of drug-likeness (QED) is 0.878. The smallest absolute Gasteiger partial charge is 0.348 e. The van der Waals surface area contributed by atoms with Crippen molar-refractivity contribution in [1.29, 1.82) is 0 Å². The zero-order valence-corrected chi connectivity index (χ0v) is 10.6. The van der Waals surface area contributed by atoms with E-state index in [0.29, 0.717) is 5.75 Å². The van der Waals surface area contributed by atoms with Gasteiger partial charge in [-0.25, -0.2) is 14.5 Å². The van der Waals surface area contributed by atoms with E-state index in [-0.39, 0.29) is 5.69 Å². The van der Waals surface area contributed by atoms with Gasteiger partial charge in [-0.15, -0.1) is 0 Å². The molecule has 0 spiro atoms. The second-order valence-corrected chi connectivity index (χ2v) is 4.06. The molecule has 5 heteroatoms. The van der Waals surface area contributed by atoms with Crippen LogP contribution in [-0.4, -0.2) is 21.9 Å². The van der Waals surface area contributed by atoms with E-state index in [1.807, 2.05) is 24.3 Å². The van der Waals surface area contributed by atoms with Gasteiger partial charge in [0, 0.05) is 6.42 Å². The number of nitrogens with zero attached hydrogens (tertiary/aromatic N) is 2. The maximum atomic E-state index is 11.9. The standard InChI is InChI=1S/C13H17N3O2/c1-3-4-9-12-14-15-13(17)16(12)10-7-5-6-8-11(10)18-2/h5-8H,3-4,9H2,1-2H3,(H,15,17). The summed E-state index contributed by atoms with van der Waals surface area (Å²) in [4.78, 5) is 11.9. The molecule has 2 rings (SSSR count). The van der Waals surface area contributed by atoms with Gasteiger partial charge in [0.15, 0.2) is 0 Å². The molecule has 1 aromatic heterocycles. The maximum Gasteiger partial charge on any atom is 0.348 e. The Kier molecular flexibility index (Phi) is 3.82. The summed E-state index contributed by atoms with van der Waals surface area (Å²) in [6.45, 7) is 2.11. The third kappa shape index (κ3) is 2.30. The van der Waals surface area contributed by atoms with E-state index in [1.165, 1.54) is 0 Å². The van der Waals surface area contributed by atoms with Crippen LogP contribution in [0.5, 0.6) is 5.75 Å². The minimum Gasteiger partial charge on any atom is -0.495 e. The maximum absolute atomic E-state index is 11.9. The zero-order valence-electron chi connectivity index (χ0n) is 10.6. The first kappa shape index (κ1) is 12.4. The topological polar surface area (TPSA) is 59.9 Å². The third-order valence-electron chi connectivity index (χ3n) is 2.82. The Labute approximate surface area is 105 Å². The van der Waals surface area contributed by atoms with Crippen molar-refractivity contribution < 1.29 is 4.74 Å². The summed E-state index contributed by atoms with van der Waals surface area (Å²) in [6, 6.07) is 7.43. The molecular weight excluding hydrogens is 230 g/mol. The average Bonchev–Trinajstić information content (AvgIpc) is 2.77. The summed E-state index contributed by atoms with van der Waals surface area (Å²) in [5.41, 5.74) is 0.496. The summed E-state index contributed by atoms with van der Waals surface area (Å²) in [5, 5.41) is 6.57. The first-order chi connectivity index (χ1) is 8.77. The summed E-state index contributed by atoms with van der Waals surface area (Å²) < 4.78 is 6.86. The van der Waals surface area contributed by atoms with Crippen molar-refractivity contribution in [3.05, 3.63) is 40.6 Å².